The van der Waals surface area contributed by atoms with Gasteiger partial charge in [-0.15, -0.1) is 0 Å². The summed E-state index contributed by atoms with van der Waals surface area (Å²) >= 11 is 3.23. The number of ether oxygens (including phenoxy) is 1. The largest absolute Gasteiger partial charge is 0.478 e. The molecule has 1 N–H and O–H groups in total. The Kier molecular flexibility index (Phi) is 3.57. The van der Waals surface area contributed by atoms with E-state index in [4.69, 9.17) is 9.84 Å². The van der Waals surface area contributed by atoms with Crippen molar-refractivity contribution in [1.29, 1.82) is 0 Å². The van der Waals surface area contributed by atoms with Crippen LogP contribution >= 0.6 is 15.9 Å². The molecule has 0 saturated carbocycles. The van der Waals surface area contributed by atoms with Crippen LogP contribution in [0.25, 0.3) is 0 Å². The molecule has 0 amide bonds. The molecule has 6 heteroatoms. The molecule has 1 aromatic heterocycles. The van der Waals surface area contributed by atoms with Crippen molar-refractivity contribution in [3.8, 4) is 11.6 Å². The fourth-order valence-corrected chi connectivity index (χ4v) is 1.51. The van der Waals surface area contributed by atoms with Crippen LogP contribution in [0, 0.1) is 5.82 Å². The van der Waals surface area contributed by atoms with Crippen molar-refractivity contribution in [1.82, 2.24) is 4.98 Å². The predicted molar refractivity (Wildman–Crippen MR) is 65.4 cm³/mol. The van der Waals surface area contributed by atoms with Crippen LogP contribution in [0.4, 0.5) is 4.39 Å². The SMILES string of the molecule is O=C(O)c1cc(Oc2ccc(Br)cn2)ccc1F. The lowest BCUT2D eigenvalue weighted by atomic mass is 10.2. The van der Waals surface area contributed by atoms with Crippen LogP contribution in [-0.4, -0.2) is 16.1 Å². The molecular formula is C12H7BrFNO3. The maximum atomic E-state index is 13.2. The van der Waals surface area contributed by atoms with E-state index in [2.05, 4.69) is 20.9 Å². The summed E-state index contributed by atoms with van der Waals surface area (Å²) in [5.41, 5.74) is -0.440. The van der Waals surface area contributed by atoms with Crippen molar-refractivity contribution < 1.29 is 19.0 Å². The first-order valence-electron chi connectivity index (χ1n) is 4.88. The van der Waals surface area contributed by atoms with Crippen molar-refractivity contribution >= 4 is 21.9 Å². The van der Waals surface area contributed by atoms with Gasteiger partial charge in [0, 0.05) is 16.7 Å². The first kappa shape index (κ1) is 12.5. The van der Waals surface area contributed by atoms with Crippen molar-refractivity contribution in [2.75, 3.05) is 0 Å². The Morgan fingerprint density at radius 1 is 1.33 bits per heavy atom. The Hall–Kier alpha value is -1.95. The molecule has 1 heterocycles. The highest BCUT2D eigenvalue weighted by atomic mass is 79.9. The molecule has 2 rings (SSSR count). The Balaban J connectivity index is 2.27. The third-order valence-corrected chi connectivity index (χ3v) is 2.56. The molecule has 0 spiro atoms. The zero-order valence-corrected chi connectivity index (χ0v) is 10.5. The van der Waals surface area contributed by atoms with Crippen LogP contribution in [0.1, 0.15) is 10.4 Å². The average molecular weight is 312 g/mol. The Morgan fingerprint density at radius 2 is 2.11 bits per heavy atom. The van der Waals surface area contributed by atoms with E-state index in [1.54, 1.807) is 12.1 Å². The summed E-state index contributed by atoms with van der Waals surface area (Å²) in [6.45, 7) is 0. The summed E-state index contributed by atoms with van der Waals surface area (Å²) in [5, 5.41) is 8.78. The van der Waals surface area contributed by atoms with Crippen molar-refractivity contribution in [3.05, 3.63) is 52.4 Å². The molecule has 0 aliphatic heterocycles. The van der Waals surface area contributed by atoms with Gasteiger partial charge in [-0.1, -0.05) is 0 Å². The third-order valence-electron chi connectivity index (χ3n) is 2.09. The van der Waals surface area contributed by atoms with Gasteiger partial charge in [0.1, 0.15) is 11.6 Å². The molecule has 0 unspecified atom stereocenters. The predicted octanol–water partition coefficient (Wildman–Crippen LogP) is 3.47. The summed E-state index contributed by atoms with van der Waals surface area (Å²) in [4.78, 5) is 14.7. The molecule has 0 aliphatic carbocycles. The highest BCUT2D eigenvalue weighted by Crippen LogP contribution is 2.23. The van der Waals surface area contributed by atoms with Crippen LogP contribution in [0.5, 0.6) is 11.6 Å². The molecule has 0 atom stereocenters. The summed E-state index contributed by atoms with van der Waals surface area (Å²) in [6, 6.07) is 6.82. The maximum Gasteiger partial charge on any atom is 0.338 e. The van der Waals surface area contributed by atoms with E-state index >= 15 is 0 Å². The van der Waals surface area contributed by atoms with Gasteiger partial charge in [-0.25, -0.2) is 14.2 Å². The Morgan fingerprint density at radius 3 is 2.72 bits per heavy atom. The molecule has 0 aliphatic rings. The summed E-state index contributed by atoms with van der Waals surface area (Å²) in [7, 11) is 0. The van der Waals surface area contributed by atoms with Crippen LogP contribution in [0.2, 0.25) is 0 Å². The number of aromatic nitrogens is 1. The van der Waals surface area contributed by atoms with Gasteiger partial charge in [0.25, 0.3) is 0 Å². The molecule has 0 bridgehead atoms. The fraction of sp³-hybridized carbons (Fsp3) is 0. The van der Waals surface area contributed by atoms with E-state index in [0.29, 0.717) is 5.88 Å². The quantitative estimate of drug-likeness (QED) is 0.943. The number of nitrogens with zero attached hydrogens (tertiary/aromatic N) is 1. The van der Waals surface area contributed by atoms with E-state index in [-0.39, 0.29) is 5.75 Å². The molecule has 92 valence electrons. The lowest BCUT2D eigenvalue weighted by Crippen LogP contribution is -2.00. The number of hydrogen-bond acceptors (Lipinski definition) is 3. The van der Waals surface area contributed by atoms with Crippen LogP contribution in [0.15, 0.2) is 41.0 Å². The summed E-state index contributed by atoms with van der Waals surface area (Å²) in [6.07, 6.45) is 1.54. The fourth-order valence-electron chi connectivity index (χ4n) is 1.28. The standard InChI is InChI=1S/C12H7BrFNO3/c13-7-1-4-11(15-6-7)18-8-2-3-10(14)9(5-8)12(16)17/h1-6H,(H,16,17). The number of carbonyl (C=O) groups is 1. The van der Waals surface area contributed by atoms with E-state index in [9.17, 15) is 9.18 Å². The summed E-state index contributed by atoms with van der Waals surface area (Å²) < 4.78 is 19.3. The minimum Gasteiger partial charge on any atom is -0.478 e. The topological polar surface area (TPSA) is 59.4 Å². The van der Waals surface area contributed by atoms with E-state index in [1.165, 1.54) is 12.3 Å². The number of carboxylic acids is 1. The highest BCUT2D eigenvalue weighted by Gasteiger charge is 2.11. The monoisotopic (exact) mass is 311 g/mol. The normalized spacial score (nSPS) is 10.1. The third kappa shape index (κ3) is 2.84. The van der Waals surface area contributed by atoms with Gasteiger partial charge < -0.3 is 9.84 Å². The second-order valence-electron chi connectivity index (χ2n) is 3.36. The summed E-state index contributed by atoms with van der Waals surface area (Å²) in [5.74, 6) is -1.65. The van der Waals surface area contributed by atoms with Crippen molar-refractivity contribution in [2.45, 2.75) is 0 Å². The second kappa shape index (κ2) is 5.14. The van der Waals surface area contributed by atoms with Gasteiger partial charge in [0.05, 0.1) is 5.56 Å². The first-order chi connectivity index (χ1) is 8.56. The average Bonchev–Trinajstić information content (AvgIpc) is 2.34. The lowest BCUT2D eigenvalue weighted by molar-refractivity contribution is 0.0691. The number of carboxylic acid groups (broad SMARTS) is 1. The number of halogens is 2. The maximum absolute atomic E-state index is 13.2. The van der Waals surface area contributed by atoms with Gasteiger partial charge in [0.15, 0.2) is 0 Å². The number of aromatic carboxylic acids is 1. The van der Waals surface area contributed by atoms with Gasteiger partial charge in [-0.3, -0.25) is 0 Å². The number of hydrogen-bond donors (Lipinski definition) is 1. The van der Waals surface area contributed by atoms with E-state index in [1.807, 2.05) is 0 Å². The second-order valence-corrected chi connectivity index (χ2v) is 4.28. The van der Waals surface area contributed by atoms with Crippen LogP contribution in [0.3, 0.4) is 0 Å². The molecule has 2 aromatic rings. The smallest absolute Gasteiger partial charge is 0.338 e. The zero-order valence-electron chi connectivity index (χ0n) is 8.93. The van der Waals surface area contributed by atoms with Crippen molar-refractivity contribution in [2.24, 2.45) is 0 Å². The molecular weight excluding hydrogens is 305 g/mol. The number of pyridine rings is 1. The Labute approximate surface area is 110 Å². The van der Waals surface area contributed by atoms with Crippen molar-refractivity contribution in [3.63, 3.8) is 0 Å². The molecule has 4 nitrogen and oxygen atoms in total. The van der Waals surface area contributed by atoms with Gasteiger partial charge in [-0.05, 0) is 40.2 Å². The zero-order chi connectivity index (χ0) is 13.1. The molecule has 1 aromatic carbocycles. The molecule has 18 heavy (non-hydrogen) atoms. The molecule has 0 saturated heterocycles. The first-order valence-corrected chi connectivity index (χ1v) is 5.68. The minimum atomic E-state index is -1.35. The molecule has 0 fully saturated rings. The van der Waals surface area contributed by atoms with Gasteiger partial charge in [0.2, 0.25) is 5.88 Å². The molecule has 0 radical (unpaired) electrons. The number of rotatable bonds is 3. The van der Waals surface area contributed by atoms with Gasteiger partial charge >= 0.3 is 5.97 Å². The van der Waals surface area contributed by atoms with E-state index in [0.717, 1.165) is 16.6 Å². The van der Waals surface area contributed by atoms with Crippen LogP contribution in [-0.2, 0) is 0 Å². The van der Waals surface area contributed by atoms with Gasteiger partial charge in [-0.2, -0.15) is 0 Å². The number of benzene rings is 1. The lowest BCUT2D eigenvalue weighted by Gasteiger charge is -2.05. The Bertz CT molecular complexity index is 586. The highest BCUT2D eigenvalue weighted by molar-refractivity contribution is 9.10. The minimum absolute atomic E-state index is 0.212. The van der Waals surface area contributed by atoms with Crippen LogP contribution < -0.4 is 4.74 Å². The van der Waals surface area contributed by atoms with E-state index < -0.39 is 17.3 Å².